The molecule has 0 aliphatic heterocycles. The van der Waals surface area contributed by atoms with Gasteiger partial charge in [0.05, 0.1) is 0 Å². The maximum atomic E-state index is 12.1. The van der Waals surface area contributed by atoms with E-state index >= 15 is 0 Å². The number of carbonyl (C=O) groups is 1. The molecule has 0 heterocycles. The summed E-state index contributed by atoms with van der Waals surface area (Å²) in [6.07, 6.45) is 12.8. The average Bonchev–Trinajstić information content (AvgIpc) is 3.43. The molecule has 0 radical (unpaired) electrons. The number of hydrogen-bond donors (Lipinski definition) is 0. The fourth-order valence-corrected chi connectivity index (χ4v) is 8.45. The van der Waals surface area contributed by atoms with Crippen molar-refractivity contribution in [1.82, 2.24) is 0 Å². The van der Waals surface area contributed by atoms with Crippen molar-refractivity contribution in [1.29, 1.82) is 0 Å². The highest BCUT2D eigenvalue weighted by molar-refractivity contribution is 5.91. The molecule has 8 unspecified atom stereocenters. The van der Waals surface area contributed by atoms with Crippen LogP contribution in [0.15, 0.2) is 11.6 Å². The van der Waals surface area contributed by atoms with Crippen LogP contribution >= 0.6 is 0 Å². The lowest BCUT2D eigenvalue weighted by Gasteiger charge is -2.57. The van der Waals surface area contributed by atoms with E-state index in [0.717, 1.165) is 47.8 Å². The lowest BCUT2D eigenvalue weighted by atomic mass is 9.48. The number of fused-ring (bicyclic) bond motifs is 8. The predicted octanol–water partition coefficient (Wildman–Crippen LogP) is 5.01. The summed E-state index contributed by atoms with van der Waals surface area (Å²) in [7, 11) is 0. The summed E-state index contributed by atoms with van der Waals surface area (Å²) in [4.78, 5) is 12.1. The first-order chi connectivity index (χ1) is 11.0. The minimum Gasteiger partial charge on any atom is -0.295 e. The van der Waals surface area contributed by atoms with Crippen molar-refractivity contribution in [3.63, 3.8) is 0 Å². The van der Waals surface area contributed by atoms with Crippen LogP contribution in [0.2, 0.25) is 0 Å². The van der Waals surface area contributed by atoms with Crippen molar-refractivity contribution in [3.8, 4) is 0 Å². The molecule has 8 atom stereocenters. The standard InChI is InChI=1S/C22H30O/c1-12-16-10-17(16)20-18-11-22(7-8-22)19-9-13(23)3-4-15(19)14(18)5-6-21(12,20)2/h9,12,14-18,20H,3-8,10-11H2,1-2H3. The number of rotatable bonds is 0. The quantitative estimate of drug-likeness (QED) is 0.614. The Morgan fingerprint density at radius 1 is 1.04 bits per heavy atom. The molecular formula is C22H30O. The highest BCUT2D eigenvalue weighted by Gasteiger charge is 2.70. The topological polar surface area (TPSA) is 17.1 Å². The van der Waals surface area contributed by atoms with E-state index in [1.54, 1.807) is 12.0 Å². The molecule has 0 aromatic heterocycles. The van der Waals surface area contributed by atoms with E-state index in [-0.39, 0.29) is 0 Å². The van der Waals surface area contributed by atoms with Gasteiger partial charge in [0.15, 0.2) is 5.78 Å². The summed E-state index contributed by atoms with van der Waals surface area (Å²) in [5.74, 6) is 7.27. The molecule has 5 saturated carbocycles. The zero-order chi connectivity index (χ0) is 15.6. The molecule has 0 aromatic carbocycles. The summed E-state index contributed by atoms with van der Waals surface area (Å²) in [5, 5.41) is 0. The zero-order valence-corrected chi connectivity index (χ0v) is 14.7. The first-order valence-corrected chi connectivity index (χ1v) is 10.3. The lowest BCUT2D eigenvalue weighted by molar-refractivity contribution is -0.116. The van der Waals surface area contributed by atoms with E-state index in [0.29, 0.717) is 16.6 Å². The molecule has 0 N–H and O–H groups in total. The number of ketones is 1. The molecule has 1 spiro atoms. The second-order valence-corrected chi connectivity index (χ2v) is 10.4. The molecule has 23 heavy (non-hydrogen) atoms. The normalized spacial score (nSPS) is 57.9. The Morgan fingerprint density at radius 2 is 1.87 bits per heavy atom. The summed E-state index contributed by atoms with van der Waals surface area (Å²) >= 11 is 0. The van der Waals surface area contributed by atoms with Gasteiger partial charge < -0.3 is 0 Å². The summed E-state index contributed by atoms with van der Waals surface area (Å²) in [6.45, 7) is 5.23. The lowest BCUT2D eigenvalue weighted by Crippen LogP contribution is -2.50. The van der Waals surface area contributed by atoms with E-state index in [1.807, 2.05) is 0 Å². The van der Waals surface area contributed by atoms with Crippen LogP contribution in [0.4, 0.5) is 0 Å². The Kier molecular flexibility index (Phi) is 2.36. The minimum atomic E-state index is 0.429. The summed E-state index contributed by atoms with van der Waals surface area (Å²) in [6, 6.07) is 0. The molecule has 6 aliphatic rings. The van der Waals surface area contributed by atoms with E-state index in [1.165, 1.54) is 38.5 Å². The molecule has 124 valence electrons. The third kappa shape index (κ3) is 1.54. The van der Waals surface area contributed by atoms with Gasteiger partial charge in [0.25, 0.3) is 0 Å². The van der Waals surface area contributed by atoms with Gasteiger partial charge in [0, 0.05) is 6.42 Å². The SMILES string of the molecule is CC1C2CC2C2C3CC4(CC4)C4=CC(=O)CCC4C3CCC12C. The third-order valence-electron chi connectivity index (χ3n) is 9.85. The van der Waals surface area contributed by atoms with Crippen LogP contribution in [0.5, 0.6) is 0 Å². The zero-order valence-electron chi connectivity index (χ0n) is 14.7. The maximum Gasteiger partial charge on any atom is 0.155 e. The molecule has 1 nitrogen and oxygen atoms in total. The van der Waals surface area contributed by atoms with Gasteiger partial charge in [-0.3, -0.25) is 4.79 Å². The molecular weight excluding hydrogens is 280 g/mol. The Labute approximate surface area is 140 Å². The molecule has 0 bridgehead atoms. The molecule has 0 aromatic rings. The average molecular weight is 310 g/mol. The second-order valence-electron chi connectivity index (χ2n) is 10.4. The molecule has 6 rings (SSSR count). The Balaban J connectivity index is 1.43. The van der Waals surface area contributed by atoms with Crippen LogP contribution in [0.25, 0.3) is 0 Å². The van der Waals surface area contributed by atoms with Crippen LogP contribution in [0.3, 0.4) is 0 Å². The molecule has 1 heteroatoms. The highest BCUT2D eigenvalue weighted by atomic mass is 16.1. The fourth-order valence-electron chi connectivity index (χ4n) is 8.45. The van der Waals surface area contributed by atoms with Gasteiger partial charge in [0.1, 0.15) is 0 Å². The van der Waals surface area contributed by atoms with Gasteiger partial charge in [-0.15, -0.1) is 0 Å². The van der Waals surface area contributed by atoms with Gasteiger partial charge in [-0.25, -0.2) is 0 Å². The molecule has 0 saturated heterocycles. The molecule has 0 amide bonds. The minimum absolute atomic E-state index is 0.429. The van der Waals surface area contributed by atoms with Gasteiger partial charge in [0.2, 0.25) is 0 Å². The predicted molar refractivity (Wildman–Crippen MR) is 90.7 cm³/mol. The van der Waals surface area contributed by atoms with Crippen LogP contribution in [0, 0.1) is 52.3 Å². The van der Waals surface area contributed by atoms with E-state index in [4.69, 9.17) is 0 Å². The van der Waals surface area contributed by atoms with Crippen molar-refractivity contribution < 1.29 is 4.79 Å². The van der Waals surface area contributed by atoms with Crippen LogP contribution in [-0.4, -0.2) is 5.78 Å². The fraction of sp³-hybridized carbons (Fsp3) is 0.864. The van der Waals surface area contributed by atoms with E-state index in [9.17, 15) is 4.79 Å². The van der Waals surface area contributed by atoms with Crippen molar-refractivity contribution >= 4 is 5.78 Å². The van der Waals surface area contributed by atoms with Crippen molar-refractivity contribution in [3.05, 3.63) is 11.6 Å². The van der Waals surface area contributed by atoms with Gasteiger partial charge in [-0.05, 0) is 103 Å². The highest BCUT2D eigenvalue weighted by Crippen LogP contribution is 2.77. The smallest absolute Gasteiger partial charge is 0.155 e. The summed E-state index contributed by atoms with van der Waals surface area (Å²) in [5.41, 5.74) is 2.78. The van der Waals surface area contributed by atoms with E-state index < -0.39 is 0 Å². The van der Waals surface area contributed by atoms with Crippen molar-refractivity contribution in [2.45, 2.75) is 65.2 Å². The van der Waals surface area contributed by atoms with Gasteiger partial charge >= 0.3 is 0 Å². The first kappa shape index (κ1) is 13.7. The Hall–Kier alpha value is -0.590. The Morgan fingerprint density at radius 3 is 2.65 bits per heavy atom. The monoisotopic (exact) mass is 310 g/mol. The largest absolute Gasteiger partial charge is 0.295 e. The first-order valence-electron chi connectivity index (χ1n) is 10.3. The van der Waals surface area contributed by atoms with Crippen molar-refractivity contribution in [2.75, 3.05) is 0 Å². The van der Waals surface area contributed by atoms with Crippen LogP contribution in [-0.2, 0) is 4.79 Å². The molecule has 6 aliphatic carbocycles. The van der Waals surface area contributed by atoms with Crippen LogP contribution in [0.1, 0.15) is 65.2 Å². The summed E-state index contributed by atoms with van der Waals surface area (Å²) < 4.78 is 0. The van der Waals surface area contributed by atoms with Gasteiger partial charge in [-0.1, -0.05) is 19.4 Å². The van der Waals surface area contributed by atoms with Gasteiger partial charge in [-0.2, -0.15) is 0 Å². The second kappa shape index (κ2) is 3.97. The Bertz CT molecular complexity index is 626. The number of hydrogen-bond acceptors (Lipinski definition) is 1. The van der Waals surface area contributed by atoms with Crippen molar-refractivity contribution in [2.24, 2.45) is 52.3 Å². The maximum absolute atomic E-state index is 12.1. The molecule has 5 fully saturated rings. The van der Waals surface area contributed by atoms with Crippen LogP contribution < -0.4 is 0 Å². The number of allylic oxidation sites excluding steroid dienone is 1. The van der Waals surface area contributed by atoms with E-state index in [2.05, 4.69) is 19.9 Å². The third-order valence-corrected chi connectivity index (χ3v) is 9.85. The number of carbonyl (C=O) groups excluding carboxylic acids is 1.